The van der Waals surface area contributed by atoms with E-state index in [0.29, 0.717) is 5.92 Å². The lowest BCUT2D eigenvalue weighted by molar-refractivity contribution is 0.635. The molecule has 1 N–H and O–H groups in total. The summed E-state index contributed by atoms with van der Waals surface area (Å²) in [4.78, 5) is 4.61. The molecule has 0 bridgehead atoms. The van der Waals surface area contributed by atoms with E-state index < -0.39 is 0 Å². The highest BCUT2D eigenvalue weighted by Crippen LogP contribution is 2.20. The number of nitrogens with zero attached hydrogens (tertiary/aromatic N) is 1. The minimum atomic E-state index is 0.553. The molecule has 0 saturated heterocycles. The van der Waals surface area contributed by atoms with Gasteiger partial charge in [-0.05, 0) is 31.5 Å². The van der Waals surface area contributed by atoms with E-state index in [-0.39, 0.29) is 0 Å². The SMILES string of the molecule is Cc1ccc2c(n1)C(C)CNCC2. The van der Waals surface area contributed by atoms with Crippen molar-refractivity contribution in [2.45, 2.75) is 26.2 Å². The molecule has 0 aromatic carbocycles. The Balaban J connectivity index is 2.43. The summed E-state index contributed by atoms with van der Waals surface area (Å²) < 4.78 is 0. The normalized spacial score (nSPS) is 22.2. The zero-order chi connectivity index (χ0) is 9.26. The fourth-order valence-electron chi connectivity index (χ4n) is 1.88. The summed E-state index contributed by atoms with van der Waals surface area (Å²) in [7, 11) is 0. The monoisotopic (exact) mass is 176 g/mol. The van der Waals surface area contributed by atoms with Crippen LogP contribution in [0.3, 0.4) is 0 Å². The Kier molecular flexibility index (Phi) is 2.32. The average molecular weight is 176 g/mol. The molecule has 2 nitrogen and oxygen atoms in total. The lowest BCUT2D eigenvalue weighted by Gasteiger charge is -2.11. The van der Waals surface area contributed by atoms with E-state index in [2.05, 4.69) is 36.3 Å². The Morgan fingerprint density at radius 1 is 1.46 bits per heavy atom. The molecule has 70 valence electrons. The number of pyridine rings is 1. The fourth-order valence-corrected chi connectivity index (χ4v) is 1.88. The van der Waals surface area contributed by atoms with Crippen LogP contribution in [0.1, 0.15) is 29.8 Å². The third-order valence-corrected chi connectivity index (χ3v) is 2.64. The third kappa shape index (κ3) is 1.73. The van der Waals surface area contributed by atoms with Gasteiger partial charge in [0.15, 0.2) is 0 Å². The Morgan fingerprint density at radius 2 is 2.31 bits per heavy atom. The second kappa shape index (κ2) is 3.46. The molecule has 13 heavy (non-hydrogen) atoms. The zero-order valence-electron chi connectivity index (χ0n) is 8.30. The number of hydrogen-bond donors (Lipinski definition) is 1. The van der Waals surface area contributed by atoms with Crippen molar-refractivity contribution in [2.75, 3.05) is 13.1 Å². The molecule has 2 heteroatoms. The number of hydrogen-bond acceptors (Lipinski definition) is 2. The van der Waals surface area contributed by atoms with Crippen molar-refractivity contribution in [1.29, 1.82) is 0 Å². The topological polar surface area (TPSA) is 24.9 Å². The van der Waals surface area contributed by atoms with Gasteiger partial charge in [0.1, 0.15) is 0 Å². The second-order valence-electron chi connectivity index (χ2n) is 3.85. The predicted octanol–water partition coefficient (Wildman–Crippen LogP) is 1.64. The summed E-state index contributed by atoms with van der Waals surface area (Å²) >= 11 is 0. The van der Waals surface area contributed by atoms with Crippen LogP contribution in [0.5, 0.6) is 0 Å². The maximum atomic E-state index is 4.61. The molecule has 2 heterocycles. The van der Waals surface area contributed by atoms with Crippen molar-refractivity contribution in [3.05, 3.63) is 29.1 Å². The van der Waals surface area contributed by atoms with Gasteiger partial charge < -0.3 is 5.32 Å². The van der Waals surface area contributed by atoms with Crippen molar-refractivity contribution in [3.63, 3.8) is 0 Å². The first-order valence-corrected chi connectivity index (χ1v) is 4.94. The van der Waals surface area contributed by atoms with Gasteiger partial charge in [0, 0.05) is 23.9 Å². The Hall–Kier alpha value is -0.890. The van der Waals surface area contributed by atoms with Crippen molar-refractivity contribution in [1.82, 2.24) is 10.3 Å². The molecule has 1 atom stereocenters. The number of rotatable bonds is 0. The van der Waals surface area contributed by atoms with Crippen LogP contribution in [-0.4, -0.2) is 18.1 Å². The highest BCUT2D eigenvalue weighted by atomic mass is 14.9. The van der Waals surface area contributed by atoms with Crippen LogP contribution in [0, 0.1) is 6.92 Å². The van der Waals surface area contributed by atoms with Crippen LogP contribution in [0.15, 0.2) is 12.1 Å². The van der Waals surface area contributed by atoms with Crippen LogP contribution in [0.2, 0.25) is 0 Å². The van der Waals surface area contributed by atoms with Gasteiger partial charge in [-0.1, -0.05) is 13.0 Å². The predicted molar refractivity (Wildman–Crippen MR) is 54.0 cm³/mol. The van der Waals surface area contributed by atoms with Crippen molar-refractivity contribution < 1.29 is 0 Å². The zero-order valence-corrected chi connectivity index (χ0v) is 8.30. The first kappa shape index (κ1) is 8.70. The van der Waals surface area contributed by atoms with Crippen LogP contribution in [0.4, 0.5) is 0 Å². The molecule has 0 aliphatic carbocycles. The molecule has 1 aliphatic heterocycles. The Morgan fingerprint density at radius 3 is 3.15 bits per heavy atom. The lowest BCUT2D eigenvalue weighted by atomic mass is 10.0. The maximum Gasteiger partial charge on any atom is 0.0480 e. The largest absolute Gasteiger partial charge is 0.316 e. The molecule has 1 unspecified atom stereocenters. The van der Waals surface area contributed by atoms with Gasteiger partial charge in [0.05, 0.1) is 0 Å². The van der Waals surface area contributed by atoms with Gasteiger partial charge in [0.25, 0.3) is 0 Å². The molecule has 0 amide bonds. The molecular formula is C11H16N2. The second-order valence-corrected chi connectivity index (χ2v) is 3.85. The van der Waals surface area contributed by atoms with Crippen molar-refractivity contribution in [2.24, 2.45) is 0 Å². The summed E-state index contributed by atoms with van der Waals surface area (Å²) in [5.74, 6) is 0.553. The Bertz CT molecular complexity index is 307. The van der Waals surface area contributed by atoms with Gasteiger partial charge in [-0.2, -0.15) is 0 Å². The van der Waals surface area contributed by atoms with Gasteiger partial charge in [0.2, 0.25) is 0 Å². The molecule has 1 aromatic heterocycles. The minimum Gasteiger partial charge on any atom is -0.316 e. The van der Waals surface area contributed by atoms with Crippen molar-refractivity contribution in [3.8, 4) is 0 Å². The third-order valence-electron chi connectivity index (χ3n) is 2.64. The molecule has 2 rings (SSSR count). The molecule has 1 aromatic rings. The number of aryl methyl sites for hydroxylation is 1. The summed E-state index contributed by atoms with van der Waals surface area (Å²) in [5, 5.41) is 3.42. The van der Waals surface area contributed by atoms with E-state index in [0.717, 1.165) is 25.2 Å². The quantitative estimate of drug-likeness (QED) is 0.650. The number of aromatic nitrogens is 1. The van der Waals surface area contributed by atoms with Gasteiger partial charge >= 0.3 is 0 Å². The highest BCUT2D eigenvalue weighted by Gasteiger charge is 2.15. The summed E-state index contributed by atoms with van der Waals surface area (Å²) in [6.07, 6.45) is 1.12. The molecule has 0 spiro atoms. The molecule has 0 saturated carbocycles. The summed E-state index contributed by atoms with van der Waals surface area (Å²) in [5.41, 5.74) is 3.85. The number of nitrogens with one attached hydrogen (secondary N) is 1. The molecular weight excluding hydrogens is 160 g/mol. The first-order chi connectivity index (χ1) is 6.27. The van der Waals surface area contributed by atoms with Crippen LogP contribution in [-0.2, 0) is 6.42 Å². The summed E-state index contributed by atoms with van der Waals surface area (Å²) in [6, 6.07) is 4.33. The molecule has 0 fully saturated rings. The fraction of sp³-hybridized carbons (Fsp3) is 0.545. The van der Waals surface area contributed by atoms with Gasteiger partial charge in [-0.3, -0.25) is 4.98 Å². The van der Waals surface area contributed by atoms with Crippen LogP contribution >= 0.6 is 0 Å². The van der Waals surface area contributed by atoms with E-state index in [1.165, 1.54) is 11.3 Å². The maximum absolute atomic E-state index is 4.61. The highest BCUT2D eigenvalue weighted by molar-refractivity contribution is 5.27. The number of fused-ring (bicyclic) bond motifs is 1. The van der Waals surface area contributed by atoms with E-state index >= 15 is 0 Å². The van der Waals surface area contributed by atoms with Gasteiger partial charge in [-0.15, -0.1) is 0 Å². The summed E-state index contributed by atoms with van der Waals surface area (Å²) in [6.45, 7) is 6.44. The Labute approximate surface area is 79.4 Å². The van der Waals surface area contributed by atoms with E-state index in [4.69, 9.17) is 0 Å². The molecule has 1 aliphatic rings. The van der Waals surface area contributed by atoms with Crippen molar-refractivity contribution >= 4 is 0 Å². The smallest absolute Gasteiger partial charge is 0.0480 e. The minimum absolute atomic E-state index is 0.553. The first-order valence-electron chi connectivity index (χ1n) is 4.94. The average Bonchev–Trinajstić information content (AvgIpc) is 2.29. The van der Waals surface area contributed by atoms with E-state index in [1.807, 2.05) is 0 Å². The van der Waals surface area contributed by atoms with E-state index in [9.17, 15) is 0 Å². The molecule has 0 radical (unpaired) electrons. The van der Waals surface area contributed by atoms with Crippen LogP contribution in [0.25, 0.3) is 0 Å². The van der Waals surface area contributed by atoms with Gasteiger partial charge in [-0.25, -0.2) is 0 Å². The van der Waals surface area contributed by atoms with E-state index in [1.54, 1.807) is 0 Å². The standard InChI is InChI=1S/C11H16N2/c1-8-7-12-6-5-10-4-3-9(2)13-11(8)10/h3-4,8,12H,5-7H2,1-2H3. The lowest BCUT2D eigenvalue weighted by Crippen LogP contribution is -2.18. The van der Waals surface area contributed by atoms with Crippen LogP contribution < -0.4 is 5.32 Å².